The van der Waals surface area contributed by atoms with Gasteiger partial charge in [0, 0.05) is 18.0 Å². The molecule has 0 spiro atoms. The Morgan fingerprint density at radius 2 is 2.14 bits per heavy atom. The van der Waals surface area contributed by atoms with Gasteiger partial charge in [-0.3, -0.25) is 4.79 Å². The maximum atomic E-state index is 12.1. The third kappa shape index (κ3) is 3.50. The zero-order valence-electron chi connectivity index (χ0n) is 13.4. The summed E-state index contributed by atoms with van der Waals surface area (Å²) in [6.45, 7) is 3.98. The van der Waals surface area contributed by atoms with E-state index >= 15 is 0 Å². The summed E-state index contributed by atoms with van der Waals surface area (Å²) < 4.78 is 10.5. The molecule has 1 aromatic carbocycles. The molecule has 0 fully saturated rings. The van der Waals surface area contributed by atoms with Crippen LogP contribution in [0, 0.1) is 0 Å². The number of rotatable bonds is 6. The lowest BCUT2D eigenvalue weighted by molar-refractivity contribution is -0.131. The van der Waals surface area contributed by atoms with Gasteiger partial charge < -0.3 is 19.6 Å². The minimum Gasteiger partial charge on any atom is -0.493 e. The third-order valence-electron chi connectivity index (χ3n) is 3.68. The van der Waals surface area contributed by atoms with Crippen LogP contribution in [0.3, 0.4) is 0 Å². The molecule has 1 aliphatic rings. The van der Waals surface area contributed by atoms with E-state index in [2.05, 4.69) is 10.5 Å². The smallest absolute Gasteiger partial charge is 0.264 e. The standard InChI is InChI=1S/C16H22N2O4/c1-5-10(2)17-16(19)15-9-12(18-22-15)11-6-7-13(20-3)14(8-11)21-4/h6-8,10,15H,5,9H2,1-4H3,(H,17,19)/t10-,15+/m0/s1. The molecule has 0 radical (unpaired) electrons. The molecule has 0 aliphatic carbocycles. The normalized spacial score (nSPS) is 18.2. The lowest BCUT2D eigenvalue weighted by Crippen LogP contribution is -2.39. The van der Waals surface area contributed by atoms with Crippen LogP contribution in [0.15, 0.2) is 23.4 Å². The molecule has 1 heterocycles. The summed E-state index contributed by atoms with van der Waals surface area (Å²) >= 11 is 0. The van der Waals surface area contributed by atoms with Crippen molar-refractivity contribution in [2.24, 2.45) is 5.16 Å². The van der Waals surface area contributed by atoms with Crippen LogP contribution in [-0.2, 0) is 9.63 Å². The highest BCUT2D eigenvalue weighted by atomic mass is 16.6. The summed E-state index contributed by atoms with van der Waals surface area (Å²) in [7, 11) is 3.17. The second-order valence-corrected chi connectivity index (χ2v) is 5.22. The van der Waals surface area contributed by atoms with Crippen molar-refractivity contribution >= 4 is 11.6 Å². The Kier molecular flexibility index (Phi) is 5.25. The van der Waals surface area contributed by atoms with Gasteiger partial charge in [-0.1, -0.05) is 12.1 Å². The average Bonchev–Trinajstić information content (AvgIpc) is 3.04. The summed E-state index contributed by atoms with van der Waals surface area (Å²) in [5, 5.41) is 6.93. The molecule has 22 heavy (non-hydrogen) atoms. The lowest BCUT2D eigenvalue weighted by atomic mass is 10.0. The van der Waals surface area contributed by atoms with Gasteiger partial charge in [-0.05, 0) is 31.5 Å². The van der Waals surface area contributed by atoms with Crippen LogP contribution < -0.4 is 14.8 Å². The van der Waals surface area contributed by atoms with Gasteiger partial charge in [0.05, 0.1) is 19.9 Å². The molecule has 2 rings (SSSR count). The minimum absolute atomic E-state index is 0.126. The molecule has 1 aliphatic heterocycles. The SMILES string of the molecule is CC[C@H](C)NC(=O)[C@H]1CC(c2ccc(OC)c(OC)c2)=NO1. The number of carbonyl (C=O) groups is 1. The topological polar surface area (TPSA) is 69.2 Å². The predicted molar refractivity (Wildman–Crippen MR) is 83.5 cm³/mol. The number of nitrogens with one attached hydrogen (secondary N) is 1. The fourth-order valence-corrected chi connectivity index (χ4v) is 2.14. The number of hydrogen-bond acceptors (Lipinski definition) is 5. The number of amides is 1. The first kappa shape index (κ1) is 16.1. The predicted octanol–water partition coefficient (Wildman–Crippen LogP) is 2.11. The van der Waals surface area contributed by atoms with Gasteiger partial charge in [0.15, 0.2) is 11.5 Å². The summed E-state index contributed by atoms with van der Waals surface area (Å²) in [4.78, 5) is 17.3. The second-order valence-electron chi connectivity index (χ2n) is 5.22. The van der Waals surface area contributed by atoms with E-state index in [4.69, 9.17) is 14.3 Å². The van der Waals surface area contributed by atoms with Gasteiger partial charge in [0.25, 0.3) is 5.91 Å². The Bertz CT molecular complexity index is 571. The van der Waals surface area contributed by atoms with Crippen molar-refractivity contribution in [1.82, 2.24) is 5.32 Å². The van der Waals surface area contributed by atoms with Crippen molar-refractivity contribution < 1.29 is 19.1 Å². The summed E-state index contributed by atoms with van der Waals surface area (Å²) in [5.74, 6) is 1.14. The monoisotopic (exact) mass is 306 g/mol. The average molecular weight is 306 g/mol. The molecule has 0 saturated carbocycles. The number of hydrogen-bond donors (Lipinski definition) is 1. The fraction of sp³-hybridized carbons (Fsp3) is 0.500. The number of ether oxygens (including phenoxy) is 2. The maximum Gasteiger partial charge on any atom is 0.264 e. The minimum atomic E-state index is -0.572. The number of benzene rings is 1. The maximum absolute atomic E-state index is 12.1. The van der Waals surface area contributed by atoms with Gasteiger partial charge in [-0.25, -0.2) is 0 Å². The summed E-state index contributed by atoms with van der Waals surface area (Å²) in [6, 6.07) is 5.64. The van der Waals surface area contributed by atoms with E-state index in [1.54, 1.807) is 14.2 Å². The van der Waals surface area contributed by atoms with Crippen LogP contribution in [0.25, 0.3) is 0 Å². The van der Waals surface area contributed by atoms with Gasteiger partial charge >= 0.3 is 0 Å². The van der Waals surface area contributed by atoms with Crippen molar-refractivity contribution in [3.05, 3.63) is 23.8 Å². The summed E-state index contributed by atoms with van der Waals surface area (Å²) in [6.07, 6.45) is 0.747. The molecule has 6 nitrogen and oxygen atoms in total. The molecule has 1 amide bonds. The number of methoxy groups -OCH3 is 2. The third-order valence-corrected chi connectivity index (χ3v) is 3.68. The molecular formula is C16H22N2O4. The van der Waals surface area contributed by atoms with Gasteiger partial charge in [-0.2, -0.15) is 0 Å². The van der Waals surface area contributed by atoms with Crippen LogP contribution in [0.5, 0.6) is 11.5 Å². The Labute approximate surface area is 130 Å². The number of nitrogens with zero attached hydrogens (tertiary/aromatic N) is 1. The molecule has 1 N–H and O–H groups in total. The molecule has 0 saturated heterocycles. The van der Waals surface area contributed by atoms with Gasteiger partial charge in [0.1, 0.15) is 0 Å². The molecular weight excluding hydrogens is 284 g/mol. The lowest BCUT2D eigenvalue weighted by Gasteiger charge is -2.14. The number of oxime groups is 1. The van der Waals surface area contributed by atoms with Crippen LogP contribution in [-0.4, -0.2) is 38.0 Å². The van der Waals surface area contributed by atoms with E-state index in [1.807, 2.05) is 32.0 Å². The Morgan fingerprint density at radius 3 is 2.77 bits per heavy atom. The highest BCUT2D eigenvalue weighted by Crippen LogP contribution is 2.29. The molecule has 1 aromatic rings. The van der Waals surface area contributed by atoms with E-state index in [9.17, 15) is 4.79 Å². The Morgan fingerprint density at radius 1 is 1.41 bits per heavy atom. The first-order valence-electron chi connectivity index (χ1n) is 7.34. The molecule has 6 heteroatoms. The molecule has 0 unspecified atom stereocenters. The van der Waals surface area contributed by atoms with Crippen molar-refractivity contribution in [2.45, 2.75) is 38.8 Å². The van der Waals surface area contributed by atoms with E-state index in [1.165, 1.54) is 0 Å². The largest absolute Gasteiger partial charge is 0.493 e. The molecule has 120 valence electrons. The van der Waals surface area contributed by atoms with Crippen molar-refractivity contribution in [3.8, 4) is 11.5 Å². The Hall–Kier alpha value is -2.24. The van der Waals surface area contributed by atoms with Gasteiger partial charge in [0.2, 0.25) is 6.10 Å². The zero-order valence-corrected chi connectivity index (χ0v) is 13.4. The quantitative estimate of drug-likeness (QED) is 0.874. The summed E-state index contributed by atoms with van der Waals surface area (Å²) in [5.41, 5.74) is 1.58. The zero-order chi connectivity index (χ0) is 16.1. The van der Waals surface area contributed by atoms with Crippen LogP contribution >= 0.6 is 0 Å². The van der Waals surface area contributed by atoms with Gasteiger partial charge in [-0.15, -0.1) is 0 Å². The van der Waals surface area contributed by atoms with Crippen molar-refractivity contribution in [3.63, 3.8) is 0 Å². The second kappa shape index (κ2) is 7.15. The first-order chi connectivity index (χ1) is 10.6. The van der Waals surface area contributed by atoms with Crippen molar-refractivity contribution in [1.29, 1.82) is 0 Å². The van der Waals surface area contributed by atoms with E-state index in [-0.39, 0.29) is 11.9 Å². The van der Waals surface area contributed by atoms with Crippen molar-refractivity contribution in [2.75, 3.05) is 14.2 Å². The highest BCUT2D eigenvalue weighted by Gasteiger charge is 2.29. The highest BCUT2D eigenvalue weighted by molar-refractivity contribution is 6.04. The first-order valence-corrected chi connectivity index (χ1v) is 7.34. The number of carbonyl (C=O) groups excluding carboxylic acids is 1. The molecule has 2 atom stereocenters. The molecule has 0 bridgehead atoms. The van der Waals surface area contributed by atoms with Crippen LogP contribution in [0.2, 0.25) is 0 Å². The Balaban J connectivity index is 2.05. The van der Waals surface area contributed by atoms with E-state index in [0.29, 0.717) is 17.9 Å². The van der Waals surface area contributed by atoms with Crippen LogP contribution in [0.1, 0.15) is 32.3 Å². The molecule has 0 aromatic heterocycles. The fourth-order valence-electron chi connectivity index (χ4n) is 2.14. The van der Waals surface area contributed by atoms with E-state index < -0.39 is 6.10 Å². The van der Waals surface area contributed by atoms with E-state index in [0.717, 1.165) is 17.7 Å². The van der Waals surface area contributed by atoms with Crippen LogP contribution in [0.4, 0.5) is 0 Å².